The minimum absolute atomic E-state index is 0.125. The summed E-state index contributed by atoms with van der Waals surface area (Å²) < 4.78 is 0. The zero-order chi connectivity index (χ0) is 14.8. The summed E-state index contributed by atoms with van der Waals surface area (Å²) >= 11 is 0. The average Bonchev–Trinajstić information content (AvgIpc) is 3.14. The summed E-state index contributed by atoms with van der Waals surface area (Å²) in [6.07, 6.45) is 5.22. The topological polar surface area (TPSA) is 62.1 Å². The summed E-state index contributed by atoms with van der Waals surface area (Å²) in [6.45, 7) is 3.46. The third-order valence-corrected chi connectivity index (χ3v) is 4.74. The Bertz CT molecular complexity index is 634. The number of nitrogens with zero attached hydrogens (tertiary/aromatic N) is 1. The molecule has 1 saturated carbocycles. The molecule has 0 aliphatic heterocycles. The van der Waals surface area contributed by atoms with Crippen LogP contribution in [0.25, 0.3) is 10.9 Å². The molecule has 0 radical (unpaired) electrons. The number of rotatable bonds is 4. The summed E-state index contributed by atoms with van der Waals surface area (Å²) in [5, 5.41) is 1.00. The molecule has 1 amide bonds. The van der Waals surface area contributed by atoms with Gasteiger partial charge in [-0.1, -0.05) is 24.6 Å². The maximum atomic E-state index is 13.0. The van der Waals surface area contributed by atoms with Crippen molar-refractivity contribution in [3.63, 3.8) is 0 Å². The first kappa shape index (κ1) is 14.1. The Morgan fingerprint density at radius 3 is 2.95 bits per heavy atom. The predicted molar refractivity (Wildman–Crippen MR) is 85.2 cm³/mol. The lowest BCUT2D eigenvalue weighted by atomic mass is 10.0. The number of nitrogens with one attached hydrogen (secondary N) is 1. The van der Waals surface area contributed by atoms with Crippen LogP contribution in [0.15, 0.2) is 30.5 Å². The number of nitrogens with two attached hydrogens (primary N) is 1. The number of amides is 1. The van der Waals surface area contributed by atoms with Crippen LogP contribution in [0, 0.1) is 5.92 Å². The molecule has 1 fully saturated rings. The fourth-order valence-electron chi connectivity index (χ4n) is 3.63. The van der Waals surface area contributed by atoms with Crippen molar-refractivity contribution in [2.45, 2.75) is 32.2 Å². The minimum atomic E-state index is 0.125. The van der Waals surface area contributed by atoms with Crippen LogP contribution >= 0.6 is 0 Å². The summed E-state index contributed by atoms with van der Waals surface area (Å²) in [5.74, 6) is 0.569. The summed E-state index contributed by atoms with van der Waals surface area (Å²) in [4.78, 5) is 18.2. The molecule has 2 atom stereocenters. The SMILES string of the molecule is CCN(C(=O)c1c[nH]c2ccccc12)C1CCCC1CN. The second-order valence-electron chi connectivity index (χ2n) is 5.83. The molecule has 1 aromatic carbocycles. The van der Waals surface area contributed by atoms with Crippen LogP contribution in [0.1, 0.15) is 36.5 Å². The van der Waals surface area contributed by atoms with E-state index in [1.807, 2.05) is 35.4 Å². The number of H-pyrrole nitrogens is 1. The average molecular weight is 285 g/mol. The fourth-order valence-corrected chi connectivity index (χ4v) is 3.63. The van der Waals surface area contributed by atoms with Crippen LogP contribution in [-0.4, -0.2) is 34.9 Å². The highest BCUT2D eigenvalue weighted by Crippen LogP contribution is 2.31. The molecule has 0 saturated heterocycles. The first-order valence-corrected chi connectivity index (χ1v) is 7.83. The van der Waals surface area contributed by atoms with Crippen LogP contribution in [0.5, 0.6) is 0 Å². The van der Waals surface area contributed by atoms with Crippen molar-refractivity contribution in [2.75, 3.05) is 13.1 Å². The Kier molecular flexibility index (Phi) is 3.97. The molecule has 0 bridgehead atoms. The zero-order valence-corrected chi connectivity index (χ0v) is 12.5. The normalized spacial score (nSPS) is 21.8. The first-order chi connectivity index (χ1) is 10.3. The lowest BCUT2D eigenvalue weighted by molar-refractivity contribution is 0.0654. The molecular formula is C17H23N3O. The van der Waals surface area contributed by atoms with Crippen molar-refractivity contribution < 1.29 is 4.79 Å². The lowest BCUT2D eigenvalue weighted by Gasteiger charge is -2.31. The number of carbonyl (C=O) groups excluding carboxylic acids is 1. The number of aromatic nitrogens is 1. The number of aromatic amines is 1. The highest BCUT2D eigenvalue weighted by Gasteiger charge is 2.34. The smallest absolute Gasteiger partial charge is 0.256 e. The molecule has 3 N–H and O–H groups in total. The van der Waals surface area contributed by atoms with E-state index in [1.165, 1.54) is 6.42 Å². The van der Waals surface area contributed by atoms with Gasteiger partial charge in [0.25, 0.3) is 5.91 Å². The van der Waals surface area contributed by atoms with Crippen LogP contribution < -0.4 is 5.73 Å². The van der Waals surface area contributed by atoms with E-state index < -0.39 is 0 Å². The van der Waals surface area contributed by atoms with E-state index in [9.17, 15) is 4.79 Å². The van der Waals surface area contributed by atoms with Gasteiger partial charge in [0.2, 0.25) is 0 Å². The van der Waals surface area contributed by atoms with Crippen LogP contribution in [0.3, 0.4) is 0 Å². The van der Waals surface area contributed by atoms with Crippen molar-refractivity contribution in [3.8, 4) is 0 Å². The Hall–Kier alpha value is -1.81. The maximum absolute atomic E-state index is 13.0. The lowest BCUT2D eigenvalue weighted by Crippen LogP contribution is -2.44. The zero-order valence-electron chi connectivity index (χ0n) is 12.5. The molecular weight excluding hydrogens is 262 g/mol. The van der Waals surface area contributed by atoms with Gasteiger partial charge in [0, 0.05) is 29.7 Å². The van der Waals surface area contributed by atoms with E-state index in [0.717, 1.165) is 35.9 Å². The number of hydrogen-bond donors (Lipinski definition) is 2. The maximum Gasteiger partial charge on any atom is 0.256 e. The number of para-hydroxylation sites is 1. The predicted octanol–water partition coefficient (Wildman–Crippen LogP) is 2.76. The van der Waals surface area contributed by atoms with Crippen molar-refractivity contribution in [1.29, 1.82) is 0 Å². The number of carbonyl (C=O) groups is 1. The molecule has 4 nitrogen and oxygen atoms in total. The quantitative estimate of drug-likeness (QED) is 0.907. The Labute approximate surface area is 125 Å². The van der Waals surface area contributed by atoms with E-state index in [4.69, 9.17) is 5.73 Å². The van der Waals surface area contributed by atoms with Crippen LogP contribution in [-0.2, 0) is 0 Å². The van der Waals surface area contributed by atoms with Gasteiger partial charge in [0.05, 0.1) is 5.56 Å². The molecule has 21 heavy (non-hydrogen) atoms. The van der Waals surface area contributed by atoms with Crippen molar-refractivity contribution >= 4 is 16.8 Å². The van der Waals surface area contributed by atoms with Gasteiger partial charge >= 0.3 is 0 Å². The molecule has 3 rings (SSSR count). The summed E-state index contributed by atoms with van der Waals surface area (Å²) in [7, 11) is 0. The van der Waals surface area contributed by atoms with E-state index in [2.05, 4.69) is 11.9 Å². The van der Waals surface area contributed by atoms with Crippen molar-refractivity contribution in [2.24, 2.45) is 11.7 Å². The highest BCUT2D eigenvalue weighted by atomic mass is 16.2. The standard InChI is InChI=1S/C17H23N3O/c1-2-20(16-9-5-6-12(16)10-18)17(21)14-11-19-15-8-4-3-7-13(14)15/h3-4,7-8,11-12,16,19H,2,5-6,9-10,18H2,1H3. The molecule has 1 heterocycles. The first-order valence-electron chi connectivity index (χ1n) is 7.83. The molecule has 2 unspecified atom stereocenters. The van der Waals surface area contributed by atoms with Gasteiger partial charge in [-0.25, -0.2) is 0 Å². The fraction of sp³-hybridized carbons (Fsp3) is 0.471. The van der Waals surface area contributed by atoms with Gasteiger partial charge in [0.1, 0.15) is 0 Å². The molecule has 4 heteroatoms. The van der Waals surface area contributed by atoms with E-state index >= 15 is 0 Å². The van der Waals surface area contributed by atoms with Crippen molar-refractivity contribution in [3.05, 3.63) is 36.0 Å². The molecule has 112 valence electrons. The highest BCUT2D eigenvalue weighted by molar-refractivity contribution is 6.06. The minimum Gasteiger partial charge on any atom is -0.360 e. The molecule has 2 aromatic rings. The number of fused-ring (bicyclic) bond motifs is 1. The van der Waals surface area contributed by atoms with Crippen molar-refractivity contribution in [1.82, 2.24) is 9.88 Å². The third kappa shape index (κ3) is 2.44. The van der Waals surface area contributed by atoms with Gasteiger partial charge in [-0.2, -0.15) is 0 Å². The second-order valence-corrected chi connectivity index (χ2v) is 5.83. The van der Waals surface area contributed by atoms with Gasteiger partial charge in [-0.15, -0.1) is 0 Å². The van der Waals surface area contributed by atoms with Gasteiger partial charge in [-0.05, 0) is 38.3 Å². The van der Waals surface area contributed by atoms with E-state index in [-0.39, 0.29) is 5.91 Å². The Morgan fingerprint density at radius 1 is 1.38 bits per heavy atom. The largest absolute Gasteiger partial charge is 0.360 e. The molecule has 1 aliphatic rings. The monoisotopic (exact) mass is 285 g/mol. The van der Waals surface area contributed by atoms with Crippen LogP contribution in [0.4, 0.5) is 0 Å². The molecule has 1 aliphatic carbocycles. The van der Waals surface area contributed by atoms with Gasteiger partial charge < -0.3 is 15.6 Å². The summed E-state index contributed by atoms with van der Waals surface area (Å²) in [6, 6.07) is 8.25. The van der Waals surface area contributed by atoms with E-state index in [0.29, 0.717) is 18.5 Å². The molecule has 0 spiro atoms. The van der Waals surface area contributed by atoms with E-state index in [1.54, 1.807) is 0 Å². The summed E-state index contributed by atoms with van der Waals surface area (Å²) in [5.41, 5.74) is 7.67. The third-order valence-electron chi connectivity index (χ3n) is 4.74. The number of hydrogen-bond acceptors (Lipinski definition) is 2. The Morgan fingerprint density at radius 2 is 2.19 bits per heavy atom. The molecule has 1 aromatic heterocycles. The second kappa shape index (κ2) is 5.90. The van der Waals surface area contributed by atoms with Crippen LogP contribution in [0.2, 0.25) is 0 Å². The van der Waals surface area contributed by atoms with Gasteiger partial charge in [0.15, 0.2) is 0 Å². The number of benzene rings is 1. The van der Waals surface area contributed by atoms with Gasteiger partial charge in [-0.3, -0.25) is 4.79 Å². The Balaban J connectivity index is 1.92.